The van der Waals surface area contributed by atoms with Gasteiger partial charge in [0.15, 0.2) is 17.5 Å². The van der Waals surface area contributed by atoms with Crippen molar-refractivity contribution in [1.82, 2.24) is 10.6 Å². The number of nitrogens with one attached hydrogen (secondary N) is 2. The van der Waals surface area contributed by atoms with Gasteiger partial charge >= 0.3 is 0 Å². The molecule has 1 aromatic carbocycles. The van der Waals surface area contributed by atoms with E-state index in [-0.39, 0.29) is 17.4 Å². The van der Waals surface area contributed by atoms with Gasteiger partial charge in [-0.05, 0) is 37.5 Å². The highest BCUT2D eigenvalue weighted by Gasteiger charge is 2.34. The second-order valence-corrected chi connectivity index (χ2v) is 8.28. The second-order valence-electron chi connectivity index (χ2n) is 8.28. The number of ether oxygens (including phenoxy) is 3. The average molecular weight is 408 g/mol. The van der Waals surface area contributed by atoms with Crippen LogP contribution in [0.2, 0.25) is 0 Å². The Morgan fingerprint density at radius 2 is 2.00 bits per heavy atom. The van der Waals surface area contributed by atoms with Crippen molar-refractivity contribution in [3.63, 3.8) is 0 Å². The lowest BCUT2D eigenvalue weighted by atomic mass is 9.84. The monoisotopic (exact) mass is 407 g/mol. The van der Waals surface area contributed by atoms with Crippen LogP contribution in [-0.4, -0.2) is 64.7 Å². The Labute approximate surface area is 174 Å². The first-order valence-corrected chi connectivity index (χ1v) is 10.3. The number of hydrogen-bond acceptors (Lipinski definition) is 5. The lowest BCUT2D eigenvalue weighted by Crippen LogP contribution is -2.45. The predicted octanol–water partition coefficient (Wildman–Crippen LogP) is 2.33. The minimum Gasteiger partial charge on any atom is -0.493 e. The summed E-state index contributed by atoms with van der Waals surface area (Å²) < 4.78 is 16.4. The van der Waals surface area contributed by atoms with Crippen LogP contribution in [0.15, 0.2) is 23.2 Å². The molecule has 1 atom stereocenters. The van der Waals surface area contributed by atoms with Crippen molar-refractivity contribution in [3.05, 3.63) is 23.8 Å². The van der Waals surface area contributed by atoms with Crippen molar-refractivity contribution in [1.29, 1.82) is 0 Å². The van der Waals surface area contributed by atoms with Gasteiger partial charge in [-0.3, -0.25) is 4.99 Å². The van der Waals surface area contributed by atoms with E-state index in [1.165, 1.54) is 0 Å². The smallest absolute Gasteiger partial charge is 0.191 e. The van der Waals surface area contributed by atoms with Crippen LogP contribution < -0.4 is 20.1 Å². The van der Waals surface area contributed by atoms with Crippen LogP contribution >= 0.6 is 0 Å². The maximum Gasteiger partial charge on any atom is 0.191 e. The SMILES string of the molecule is CCNC(=NCC(C)(C)c1ccc(OC)c(OC)c1)NCC1(CCO)CCOC1. The summed E-state index contributed by atoms with van der Waals surface area (Å²) in [4.78, 5) is 4.83. The zero-order valence-electron chi connectivity index (χ0n) is 18.5. The first-order valence-electron chi connectivity index (χ1n) is 10.3. The largest absolute Gasteiger partial charge is 0.493 e. The number of rotatable bonds is 10. The Balaban J connectivity index is 2.09. The van der Waals surface area contributed by atoms with Crippen LogP contribution in [-0.2, 0) is 10.2 Å². The van der Waals surface area contributed by atoms with Gasteiger partial charge in [-0.2, -0.15) is 0 Å². The van der Waals surface area contributed by atoms with Gasteiger partial charge in [0.1, 0.15) is 0 Å². The van der Waals surface area contributed by atoms with E-state index in [9.17, 15) is 5.11 Å². The van der Waals surface area contributed by atoms with Gasteiger partial charge in [0, 0.05) is 37.1 Å². The van der Waals surface area contributed by atoms with Crippen molar-refractivity contribution in [2.45, 2.75) is 39.0 Å². The average Bonchev–Trinajstić information content (AvgIpc) is 3.18. The van der Waals surface area contributed by atoms with Crippen LogP contribution in [0.3, 0.4) is 0 Å². The van der Waals surface area contributed by atoms with E-state index in [2.05, 4.69) is 37.5 Å². The molecule has 0 aromatic heterocycles. The molecular formula is C22H37N3O4. The summed E-state index contributed by atoms with van der Waals surface area (Å²) in [6, 6.07) is 6.01. The van der Waals surface area contributed by atoms with Gasteiger partial charge in [-0.25, -0.2) is 0 Å². The third kappa shape index (κ3) is 6.24. The predicted molar refractivity (Wildman–Crippen MR) is 116 cm³/mol. The number of aliphatic hydroxyl groups excluding tert-OH is 1. The van der Waals surface area contributed by atoms with Crippen molar-refractivity contribution in [2.24, 2.45) is 10.4 Å². The fourth-order valence-electron chi connectivity index (χ4n) is 3.55. The number of aliphatic hydroxyl groups is 1. The van der Waals surface area contributed by atoms with Gasteiger partial charge in [0.05, 0.1) is 27.4 Å². The number of guanidine groups is 1. The van der Waals surface area contributed by atoms with E-state index < -0.39 is 0 Å². The van der Waals surface area contributed by atoms with Crippen molar-refractivity contribution < 1.29 is 19.3 Å². The minimum absolute atomic E-state index is 0.0240. The second kappa shape index (κ2) is 10.7. The van der Waals surface area contributed by atoms with Crippen LogP contribution in [0.5, 0.6) is 11.5 Å². The Morgan fingerprint density at radius 1 is 1.24 bits per heavy atom. The zero-order chi connectivity index (χ0) is 21.3. The van der Waals surface area contributed by atoms with E-state index in [0.717, 1.165) is 55.6 Å². The Morgan fingerprint density at radius 3 is 2.59 bits per heavy atom. The molecule has 1 aliphatic rings. The Kier molecular flexibility index (Phi) is 8.59. The summed E-state index contributed by atoms with van der Waals surface area (Å²) in [5.74, 6) is 2.23. The standard InChI is InChI=1S/C22H37N3O4/c1-6-23-20(25-15-22(9-11-26)10-12-29-16-22)24-14-21(2,3)17-7-8-18(27-4)19(13-17)28-5/h7-8,13,26H,6,9-12,14-16H2,1-5H3,(H2,23,24,25). The number of methoxy groups -OCH3 is 2. The third-order valence-electron chi connectivity index (χ3n) is 5.60. The summed E-state index contributed by atoms with van der Waals surface area (Å²) in [5, 5.41) is 16.2. The van der Waals surface area contributed by atoms with Gasteiger partial charge in [0.2, 0.25) is 0 Å². The molecule has 1 aliphatic heterocycles. The van der Waals surface area contributed by atoms with Crippen molar-refractivity contribution in [3.8, 4) is 11.5 Å². The minimum atomic E-state index is -0.179. The maximum atomic E-state index is 9.43. The lowest BCUT2D eigenvalue weighted by Gasteiger charge is -2.28. The third-order valence-corrected chi connectivity index (χ3v) is 5.60. The molecule has 2 rings (SSSR count). The maximum absolute atomic E-state index is 9.43. The van der Waals surface area contributed by atoms with Gasteiger partial charge in [-0.15, -0.1) is 0 Å². The highest BCUT2D eigenvalue weighted by Crippen LogP contribution is 2.33. The van der Waals surface area contributed by atoms with Crippen LogP contribution in [0.25, 0.3) is 0 Å². The molecule has 0 aliphatic carbocycles. The number of benzene rings is 1. The summed E-state index contributed by atoms with van der Waals surface area (Å²) in [6.07, 6.45) is 1.69. The lowest BCUT2D eigenvalue weighted by molar-refractivity contribution is 0.127. The normalized spacial score (nSPS) is 19.9. The molecule has 1 heterocycles. The van der Waals surface area contributed by atoms with E-state index in [4.69, 9.17) is 19.2 Å². The molecule has 3 N–H and O–H groups in total. The molecule has 29 heavy (non-hydrogen) atoms. The van der Waals surface area contributed by atoms with Crippen LogP contribution in [0.4, 0.5) is 0 Å². The fourth-order valence-corrected chi connectivity index (χ4v) is 3.55. The summed E-state index contributed by atoms with van der Waals surface area (Å²) in [7, 11) is 3.29. The molecule has 164 valence electrons. The fraction of sp³-hybridized carbons (Fsp3) is 0.682. The van der Waals surface area contributed by atoms with Crippen LogP contribution in [0, 0.1) is 5.41 Å². The molecule has 0 spiro atoms. The first kappa shape index (κ1) is 23.3. The quantitative estimate of drug-likeness (QED) is 0.408. The Hall–Kier alpha value is -1.99. The highest BCUT2D eigenvalue weighted by atomic mass is 16.5. The summed E-state index contributed by atoms with van der Waals surface area (Å²) >= 11 is 0. The molecule has 7 nitrogen and oxygen atoms in total. The summed E-state index contributed by atoms with van der Waals surface area (Å²) in [5.41, 5.74) is 0.931. The van der Waals surface area contributed by atoms with Gasteiger partial charge in [-0.1, -0.05) is 19.9 Å². The molecule has 0 amide bonds. The van der Waals surface area contributed by atoms with Gasteiger partial charge < -0.3 is 30.0 Å². The van der Waals surface area contributed by atoms with Gasteiger partial charge in [0.25, 0.3) is 0 Å². The van der Waals surface area contributed by atoms with E-state index >= 15 is 0 Å². The Bertz CT molecular complexity index is 670. The number of aliphatic imine (C=N–C) groups is 1. The molecule has 0 saturated carbocycles. The zero-order valence-corrected chi connectivity index (χ0v) is 18.5. The van der Waals surface area contributed by atoms with E-state index in [1.54, 1.807) is 14.2 Å². The van der Waals surface area contributed by atoms with Crippen molar-refractivity contribution >= 4 is 5.96 Å². The molecule has 0 bridgehead atoms. The number of nitrogens with zero attached hydrogens (tertiary/aromatic N) is 1. The highest BCUT2D eigenvalue weighted by molar-refractivity contribution is 5.79. The van der Waals surface area contributed by atoms with E-state index in [1.807, 2.05) is 12.1 Å². The number of hydrogen-bond donors (Lipinski definition) is 3. The topological polar surface area (TPSA) is 84.3 Å². The molecule has 1 fully saturated rings. The van der Waals surface area contributed by atoms with Crippen LogP contribution in [0.1, 0.15) is 39.2 Å². The summed E-state index contributed by atoms with van der Waals surface area (Å²) in [6.45, 7) is 10.1. The van der Waals surface area contributed by atoms with Crippen molar-refractivity contribution in [2.75, 3.05) is 53.7 Å². The molecule has 1 saturated heterocycles. The molecule has 0 radical (unpaired) electrons. The molecule has 1 aromatic rings. The van der Waals surface area contributed by atoms with E-state index in [0.29, 0.717) is 13.2 Å². The first-order chi connectivity index (χ1) is 13.9. The molecule has 1 unspecified atom stereocenters. The molecule has 7 heteroatoms. The molecular weight excluding hydrogens is 370 g/mol.